The highest BCUT2D eigenvalue weighted by Gasteiger charge is 2.24. The Morgan fingerprint density at radius 3 is 2.82 bits per heavy atom. The molecule has 2 aromatic heterocycles. The number of likely N-dealkylation sites (N-methyl/N-ethyl adjacent to an activating group) is 1. The number of rotatable bonds is 5. The third-order valence-corrected chi connectivity index (χ3v) is 4.35. The second kappa shape index (κ2) is 6.92. The number of hydrogen-bond donors (Lipinski definition) is 0. The Hall–Kier alpha value is -1.88. The quantitative estimate of drug-likeness (QED) is 0.848. The highest BCUT2D eigenvalue weighted by molar-refractivity contribution is 5.45. The van der Waals surface area contributed by atoms with Crippen LogP contribution in [0.1, 0.15) is 24.6 Å². The molecule has 1 unspecified atom stereocenters. The summed E-state index contributed by atoms with van der Waals surface area (Å²) in [7, 11) is 4.23. The van der Waals surface area contributed by atoms with E-state index in [1.54, 1.807) is 0 Å². The molecule has 0 bridgehead atoms. The number of hydrogen-bond acceptors (Lipinski definition) is 4. The van der Waals surface area contributed by atoms with E-state index in [-0.39, 0.29) is 0 Å². The normalized spacial score (nSPS) is 18.9. The van der Waals surface area contributed by atoms with Crippen LogP contribution in [0.2, 0.25) is 0 Å². The summed E-state index contributed by atoms with van der Waals surface area (Å²) in [5, 5.41) is 0. The van der Waals surface area contributed by atoms with E-state index in [0.717, 1.165) is 26.2 Å². The molecule has 118 valence electrons. The Morgan fingerprint density at radius 1 is 1.23 bits per heavy atom. The van der Waals surface area contributed by atoms with Gasteiger partial charge in [0.1, 0.15) is 5.82 Å². The second-order valence-electron chi connectivity index (χ2n) is 6.27. The van der Waals surface area contributed by atoms with Crippen molar-refractivity contribution in [3.8, 4) is 0 Å². The third kappa shape index (κ3) is 3.47. The average molecular weight is 299 g/mol. The van der Waals surface area contributed by atoms with Gasteiger partial charge in [-0.25, -0.2) is 4.98 Å². The van der Waals surface area contributed by atoms with Crippen LogP contribution in [0.25, 0.3) is 0 Å². The number of imidazole rings is 1. The van der Waals surface area contributed by atoms with Gasteiger partial charge in [-0.3, -0.25) is 4.98 Å². The molecule has 1 aliphatic heterocycles. The molecule has 0 aliphatic carbocycles. The Bertz CT molecular complexity index is 578. The van der Waals surface area contributed by atoms with Crippen molar-refractivity contribution < 1.29 is 0 Å². The number of piperidine rings is 1. The first kappa shape index (κ1) is 15.0. The lowest BCUT2D eigenvalue weighted by Crippen LogP contribution is -2.35. The van der Waals surface area contributed by atoms with E-state index in [0.29, 0.717) is 5.92 Å². The van der Waals surface area contributed by atoms with Gasteiger partial charge in [0.25, 0.3) is 0 Å². The molecule has 0 amide bonds. The maximum atomic E-state index is 4.65. The molecule has 0 aromatic carbocycles. The minimum atomic E-state index is 0.513. The number of aromatic nitrogens is 3. The van der Waals surface area contributed by atoms with Crippen molar-refractivity contribution in [3.63, 3.8) is 0 Å². The number of pyridine rings is 1. The minimum absolute atomic E-state index is 0.513. The predicted octanol–water partition coefficient (Wildman–Crippen LogP) is 2.22. The summed E-state index contributed by atoms with van der Waals surface area (Å²) in [6.45, 7) is 4.22. The Morgan fingerprint density at radius 2 is 2.05 bits per heavy atom. The van der Waals surface area contributed by atoms with Crippen molar-refractivity contribution in [2.45, 2.75) is 25.3 Å². The summed E-state index contributed by atoms with van der Waals surface area (Å²) in [6.07, 6.45) is 10.2. The van der Waals surface area contributed by atoms with Gasteiger partial charge < -0.3 is 14.4 Å². The lowest BCUT2D eigenvalue weighted by atomic mass is 9.96. The molecule has 0 saturated carbocycles. The Balaban J connectivity index is 1.71. The van der Waals surface area contributed by atoms with Gasteiger partial charge in [-0.2, -0.15) is 0 Å². The zero-order valence-electron chi connectivity index (χ0n) is 13.5. The molecule has 2 aromatic rings. The van der Waals surface area contributed by atoms with Crippen LogP contribution < -0.4 is 4.90 Å². The van der Waals surface area contributed by atoms with Gasteiger partial charge in [-0.05, 0) is 39.1 Å². The van der Waals surface area contributed by atoms with Crippen molar-refractivity contribution in [3.05, 3.63) is 42.7 Å². The molecule has 1 aliphatic rings. The molecule has 5 nitrogen and oxygen atoms in total. The summed E-state index contributed by atoms with van der Waals surface area (Å²) in [5.41, 5.74) is 1.27. The van der Waals surface area contributed by atoms with Crippen molar-refractivity contribution in [2.24, 2.45) is 0 Å². The van der Waals surface area contributed by atoms with Crippen LogP contribution >= 0.6 is 0 Å². The fourth-order valence-corrected chi connectivity index (χ4v) is 3.15. The van der Waals surface area contributed by atoms with Crippen LogP contribution in [0.15, 0.2) is 36.9 Å². The van der Waals surface area contributed by atoms with Gasteiger partial charge >= 0.3 is 0 Å². The molecule has 1 fully saturated rings. The van der Waals surface area contributed by atoms with Gasteiger partial charge in [0, 0.05) is 62.6 Å². The zero-order chi connectivity index (χ0) is 15.4. The molecular weight excluding hydrogens is 274 g/mol. The van der Waals surface area contributed by atoms with Crippen LogP contribution in [-0.2, 0) is 6.54 Å². The van der Waals surface area contributed by atoms with Crippen LogP contribution in [-0.4, -0.2) is 53.2 Å². The summed E-state index contributed by atoms with van der Waals surface area (Å²) < 4.78 is 2.32. The fourth-order valence-electron chi connectivity index (χ4n) is 3.15. The molecule has 1 saturated heterocycles. The van der Waals surface area contributed by atoms with E-state index in [1.807, 2.05) is 18.6 Å². The van der Waals surface area contributed by atoms with Gasteiger partial charge in [-0.1, -0.05) is 0 Å². The highest BCUT2D eigenvalue weighted by atomic mass is 15.2. The fraction of sp³-hybridized carbons (Fsp3) is 0.529. The first-order valence-corrected chi connectivity index (χ1v) is 8.05. The number of anilines is 1. The van der Waals surface area contributed by atoms with Gasteiger partial charge in [0.2, 0.25) is 0 Å². The molecule has 0 N–H and O–H groups in total. The number of nitrogens with zero attached hydrogens (tertiary/aromatic N) is 5. The highest BCUT2D eigenvalue weighted by Crippen LogP contribution is 2.28. The molecule has 5 heteroatoms. The lowest BCUT2D eigenvalue weighted by Gasteiger charge is -2.34. The summed E-state index contributed by atoms with van der Waals surface area (Å²) in [6, 6.07) is 4.20. The zero-order valence-corrected chi connectivity index (χ0v) is 13.5. The average Bonchev–Trinajstić information content (AvgIpc) is 3.02. The second-order valence-corrected chi connectivity index (χ2v) is 6.27. The van der Waals surface area contributed by atoms with E-state index >= 15 is 0 Å². The topological polar surface area (TPSA) is 37.2 Å². The van der Waals surface area contributed by atoms with Crippen molar-refractivity contribution >= 4 is 5.69 Å². The molecule has 1 atom stereocenters. The van der Waals surface area contributed by atoms with Crippen molar-refractivity contribution in [1.29, 1.82) is 0 Å². The van der Waals surface area contributed by atoms with E-state index < -0.39 is 0 Å². The molecule has 0 radical (unpaired) electrons. The maximum absolute atomic E-state index is 4.65. The largest absolute Gasteiger partial charge is 0.371 e. The molecular formula is C17H25N5. The van der Waals surface area contributed by atoms with Gasteiger partial charge in [0.15, 0.2) is 0 Å². The van der Waals surface area contributed by atoms with Gasteiger partial charge in [0.05, 0.1) is 0 Å². The van der Waals surface area contributed by atoms with Crippen LogP contribution in [0.3, 0.4) is 0 Å². The van der Waals surface area contributed by atoms with Crippen LogP contribution in [0.4, 0.5) is 5.69 Å². The summed E-state index contributed by atoms with van der Waals surface area (Å²) >= 11 is 0. The monoisotopic (exact) mass is 299 g/mol. The standard InChI is InChI=1S/C17H25N5/c1-20(2)12-13-21-11-9-19-17(21)15-4-3-10-22(14-15)16-5-7-18-8-6-16/h5-9,11,15H,3-4,10,12-14H2,1-2H3. The lowest BCUT2D eigenvalue weighted by molar-refractivity contribution is 0.373. The SMILES string of the molecule is CN(C)CCn1ccnc1C1CCCN(c2ccncc2)C1. The summed E-state index contributed by atoms with van der Waals surface area (Å²) in [4.78, 5) is 13.4. The van der Waals surface area contributed by atoms with Crippen LogP contribution in [0.5, 0.6) is 0 Å². The van der Waals surface area contributed by atoms with Crippen molar-refractivity contribution in [2.75, 3.05) is 38.6 Å². The Kier molecular flexibility index (Phi) is 4.73. The Labute approximate surface area is 132 Å². The summed E-state index contributed by atoms with van der Waals surface area (Å²) in [5.74, 6) is 1.75. The van der Waals surface area contributed by atoms with Crippen LogP contribution in [0, 0.1) is 0 Å². The van der Waals surface area contributed by atoms with Gasteiger partial charge in [-0.15, -0.1) is 0 Å². The van der Waals surface area contributed by atoms with E-state index in [2.05, 4.69) is 56.8 Å². The van der Waals surface area contributed by atoms with Crippen molar-refractivity contribution in [1.82, 2.24) is 19.4 Å². The smallest absolute Gasteiger partial charge is 0.113 e. The molecule has 3 rings (SSSR count). The van der Waals surface area contributed by atoms with E-state index in [9.17, 15) is 0 Å². The molecule has 3 heterocycles. The molecule has 0 spiro atoms. The predicted molar refractivity (Wildman–Crippen MR) is 89.2 cm³/mol. The minimum Gasteiger partial charge on any atom is -0.371 e. The maximum Gasteiger partial charge on any atom is 0.113 e. The van der Waals surface area contributed by atoms with E-state index in [4.69, 9.17) is 0 Å². The first-order chi connectivity index (χ1) is 10.7. The molecule has 22 heavy (non-hydrogen) atoms. The first-order valence-electron chi connectivity index (χ1n) is 8.05. The third-order valence-electron chi connectivity index (χ3n) is 4.35. The van der Waals surface area contributed by atoms with E-state index in [1.165, 1.54) is 24.4 Å².